The van der Waals surface area contributed by atoms with Crippen LogP contribution < -0.4 is 4.74 Å². The van der Waals surface area contributed by atoms with Crippen molar-refractivity contribution in [3.63, 3.8) is 0 Å². The third-order valence-corrected chi connectivity index (χ3v) is 3.92. The van der Waals surface area contributed by atoms with E-state index in [1.165, 1.54) is 10.5 Å². The van der Waals surface area contributed by atoms with Gasteiger partial charge in [-0.25, -0.2) is 4.79 Å². The van der Waals surface area contributed by atoms with Crippen molar-refractivity contribution in [1.82, 2.24) is 4.90 Å². The number of hydrogen-bond donors (Lipinski definition) is 1. The fourth-order valence-electron chi connectivity index (χ4n) is 2.53. The number of nitrogens with zero attached hydrogens (tertiary/aromatic N) is 1. The number of carbonyl (C=O) groups is 2. The van der Waals surface area contributed by atoms with Gasteiger partial charge >= 0.3 is 5.97 Å². The zero-order valence-corrected chi connectivity index (χ0v) is 12.5. The number of carbonyl (C=O) groups excluding carboxylic acids is 1. The standard InChI is InChI=1S/C16H21NO4/c1-11-5-6-13(10-12(11)2)21-9-7-15(18)17-8-3-4-14(17)16(19)20/h5-6,10,14H,3-4,7-9H2,1-2H3,(H,19,20)/t14-/m1/s1. The highest BCUT2D eigenvalue weighted by Crippen LogP contribution is 2.19. The molecule has 2 rings (SSSR count). The first kappa shape index (κ1) is 15.4. The molecule has 1 atom stereocenters. The van der Waals surface area contributed by atoms with Crippen molar-refractivity contribution in [2.45, 2.75) is 39.2 Å². The molecule has 0 aliphatic carbocycles. The van der Waals surface area contributed by atoms with Gasteiger partial charge in [-0.1, -0.05) is 6.07 Å². The number of carboxylic acids is 1. The average molecular weight is 291 g/mol. The number of rotatable bonds is 5. The Morgan fingerprint density at radius 1 is 1.33 bits per heavy atom. The first-order valence-corrected chi connectivity index (χ1v) is 7.21. The van der Waals surface area contributed by atoms with Gasteiger partial charge in [0.25, 0.3) is 0 Å². The number of aliphatic carboxylic acids is 1. The number of hydrogen-bond acceptors (Lipinski definition) is 3. The van der Waals surface area contributed by atoms with Crippen molar-refractivity contribution in [3.05, 3.63) is 29.3 Å². The molecule has 1 saturated heterocycles. The highest BCUT2D eigenvalue weighted by Gasteiger charge is 2.33. The third-order valence-electron chi connectivity index (χ3n) is 3.92. The van der Waals surface area contributed by atoms with E-state index in [2.05, 4.69) is 0 Å². The molecule has 1 N–H and O–H groups in total. The molecular formula is C16H21NO4. The lowest BCUT2D eigenvalue weighted by atomic mass is 10.1. The largest absolute Gasteiger partial charge is 0.493 e. The van der Waals surface area contributed by atoms with Crippen LogP contribution in [0.1, 0.15) is 30.4 Å². The minimum Gasteiger partial charge on any atom is -0.493 e. The number of amides is 1. The summed E-state index contributed by atoms with van der Waals surface area (Å²) in [5, 5.41) is 9.07. The van der Waals surface area contributed by atoms with E-state index in [0.717, 1.165) is 17.7 Å². The maximum absolute atomic E-state index is 12.1. The van der Waals surface area contributed by atoms with Gasteiger partial charge in [0.15, 0.2) is 0 Å². The van der Waals surface area contributed by atoms with Crippen LogP contribution in [0.5, 0.6) is 5.75 Å². The van der Waals surface area contributed by atoms with Crippen molar-refractivity contribution < 1.29 is 19.4 Å². The van der Waals surface area contributed by atoms with E-state index < -0.39 is 12.0 Å². The highest BCUT2D eigenvalue weighted by molar-refractivity contribution is 5.84. The van der Waals surface area contributed by atoms with Crippen LogP contribution in [0.2, 0.25) is 0 Å². The summed E-state index contributed by atoms with van der Waals surface area (Å²) in [6.07, 6.45) is 1.50. The van der Waals surface area contributed by atoms with E-state index in [0.29, 0.717) is 13.0 Å². The van der Waals surface area contributed by atoms with Crippen LogP contribution in [0.4, 0.5) is 0 Å². The Morgan fingerprint density at radius 2 is 2.10 bits per heavy atom. The van der Waals surface area contributed by atoms with Gasteiger partial charge in [-0.3, -0.25) is 4.79 Å². The van der Waals surface area contributed by atoms with Gasteiger partial charge in [-0.05, 0) is 49.9 Å². The molecule has 1 aromatic rings. The number of likely N-dealkylation sites (tertiary alicyclic amines) is 1. The Kier molecular flexibility index (Phi) is 4.83. The van der Waals surface area contributed by atoms with Gasteiger partial charge in [0, 0.05) is 6.54 Å². The van der Waals surface area contributed by atoms with Crippen LogP contribution in [0.15, 0.2) is 18.2 Å². The van der Waals surface area contributed by atoms with Crippen LogP contribution in [0.3, 0.4) is 0 Å². The number of carboxylic acid groups (broad SMARTS) is 1. The fourth-order valence-corrected chi connectivity index (χ4v) is 2.53. The van der Waals surface area contributed by atoms with Gasteiger partial charge in [-0.2, -0.15) is 0 Å². The number of benzene rings is 1. The summed E-state index contributed by atoms with van der Waals surface area (Å²) in [6, 6.07) is 5.13. The Hall–Kier alpha value is -2.04. The van der Waals surface area contributed by atoms with E-state index in [-0.39, 0.29) is 18.9 Å². The summed E-state index contributed by atoms with van der Waals surface area (Å²) >= 11 is 0. The smallest absolute Gasteiger partial charge is 0.326 e. The van der Waals surface area contributed by atoms with Gasteiger partial charge in [-0.15, -0.1) is 0 Å². The predicted molar refractivity (Wildman–Crippen MR) is 78.4 cm³/mol. The lowest BCUT2D eigenvalue weighted by molar-refractivity contribution is -0.148. The zero-order valence-electron chi connectivity index (χ0n) is 12.5. The maximum atomic E-state index is 12.1. The van der Waals surface area contributed by atoms with Crippen molar-refractivity contribution in [2.24, 2.45) is 0 Å². The molecule has 1 aliphatic rings. The van der Waals surface area contributed by atoms with Crippen molar-refractivity contribution >= 4 is 11.9 Å². The lowest BCUT2D eigenvalue weighted by Gasteiger charge is -2.21. The van der Waals surface area contributed by atoms with Crippen molar-refractivity contribution in [3.8, 4) is 5.75 Å². The molecule has 1 aliphatic heterocycles. The quantitative estimate of drug-likeness (QED) is 0.902. The summed E-state index contributed by atoms with van der Waals surface area (Å²) in [5.74, 6) is -0.332. The molecule has 21 heavy (non-hydrogen) atoms. The Balaban J connectivity index is 1.84. The summed E-state index contributed by atoms with van der Waals surface area (Å²) in [5.41, 5.74) is 2.34. The summed E-state index contributed by atoms with van der Waals surface area (Å²) in [4.78, 5) is 24.6. The Labute approximate surface area is 124 Å². The second-order valence-electron chi connectivity index (χ2n) is 5.43. The molecule has 0 spiro atoms. The minimum atomic E-state index is -0.920. The van der Waals surface area contributed by atoms with Gasteiger partial charge in [0.05, 0.1) is 13.0 Å². The zero-order chi connectivity index (χ0) is 15.4. The second-order valence-corrected chi connectivity index (χ2v) is 5.43. The fraction of sp³-hybridized carbons (Fsp3) is 0.500. The predicted octanol–water partition coefficient (Wildman–Crippen LogP) is 2.15. The van der Waals surface area contributed by atoms with Crippen LogP contribution in [0, 0.1) is 13.8 Å². The van der Waals surface area contributed by atoms with Crippen LogP contribution in [0.25, 0.3) is 0 Å². The Bertz CT molecular complexity index is 541. The molecular weight excluding hydrogens is 270 g/mol. The van der Waals surface area contributed by atoms with E-state index in [1.54, 1.807) is 0 Å². The van der Waals surface area contributed by atoms with Gasteiger partial charge in [0.1, 0.15) is 11.8 Å². The summed E-state index contributed by atoms with van der Waals surface area (Å²) < 4.78 is 5.57. The molecule has 1 heterocycles. The topological polar surface area (TPSA) is 66.8 Å². The van der Waals surface area contributed by atoms with Crippen molar-refractivity contribution in [1.29, 1.82) is 0 Å². The van der Waals surface area contributed by atoms with E-state index >= 15 is 0 Å². The first-order valence-electron chi connectivity index (χ1n) is 7.21. The van der Waals surface area contributed by atoms with E-state index in [9.17, 15) is 9.59 Å². The third kappa shape index (κ3) is 3.74. The van der Waals surface area contributed by atoms with Crippen LogP contribution in [-0.4, -0.2) is 41.1 Å². The molecule has 0 aromatic heterocycles. The SMILES string of the molecule is Cc1ccc(OCCC(=O)N2CCC[C@@H]2C(=O)O)cc1C. The normalized spacial score (nSPS) is 17.8. The average Bonchev–Trinajstić information content (AvgIpc) is 2.92. The molecule has 1 amide bonds. The summed E-state index contributed by atoms with van der Waals surface area (Å²) in [6.45, 7) is 4.83. The Morgan fingerprint density at radius 3 is 2.76 bits per heavy atom. The molecule has 0 radical (unpaired) electrons. The molecule has 0 saturated carbocycles. The lowest BCUT2D eigenvalue weighted by Crippen LogP contribution is -2.40. The molecule has 1 fully saturated rings. The number of aryl methyl sites for hydroxylation is 2. The second kappa shape index (κ2) is 6.61. The van der Waals surface area contributed by atoms with E-state index in [1.807, 2.05) is 32.0 Å². The molecule has 5 heteroatoms. The molecule has 0 unspecified atom stereocenters. The summed E-state index contributed by atoms with van der Waals surface area (Å²) in [7, 11) is 0. The molecule has 5 nitrogen and oxygen atoms in total. The monoisotopic (exact) mass is 291 g/mol. The van der Waals surface area contributed by atoms with Crippen molar-refractivity contribution in [2.75, 3.05) is 13.2 Å². The molecule has 0 bridgehead atoms. The number of ether oxygens (including phenoxy) is 1. The van der Waals surface area contributed by atoms with Gasteiger partial charge in [0.2, 0.25) is 5.91 Å². The first-order chi connectivity index (χ1) is 9.99. The highest BCUT2D eigenvalue weighted by atomic mass is 16.5. The maximum Gasteiger partial charge on any atom is 0.326 e. The minimum absolute atomic E-state index is 0.149. The molecule has 1 aromatic carbocycles. The van der Waals surface area contributed by atoms with Gasteiger partial charge < -0.3 is 14.7 Å². The molecule has 114 valence electrons. The van der Waals surface area contributed by atoms with E-state index in [4.69, 9.17) is 9.84 Å². The van der Waals surface area contributed by atoms with Crippen LogP contribution in [-0.2, 0) is 9.59 Å². The van der Waals surface area contributed by atoms with Crippen LogP contribution >= 0.6 is 0 Å².